The minimum atomic E-state index is -0.345. The van der Waals surface area contributed by atoms with Crippen molar-refractivity contribution in [2.24, 2.45) is 5.73 Å². The van der Waals surface area contributed by atoms with Gasteiger partial charge in [0.1, 0.15) is 5.15 Å². The van der Waals surface area contributed by atoms with E-state index in [4.69, 9.17) is 17.3 Å². The normalized spacial score (nSPS) is 18.4. The molecule has 4 nitrogen and oxygen atoms in total. The smallest absolute Gasteiger partial charge is 0.239 e. The highest BCUT2D eigenvalue weighted by Gasteiger charge is 2.28. The van der Waals surface area contributed by atoms with Crippen LogP contribution in [-0.2, 0) is 11.3 Å². The highest BCUT2D eigenvalue weighted by Crippen LogP contribution is 2.22. The lowest BCUT2D eigenvalue weighted by atomic mass is 10.1. The number of nitrogens with zero attached hydrogens (tertiary/aromatic N) is 2. The van der Waals surface area contributed by atoms with Crippen molar-refractivity contribution < 1.29 is 4.79 Å². The largest absolute Gasteiger partial charge is 0.337 e. The minimum absolute atomic E-state index is 0. The van der Waals surface area contributed by atoms with Crippen molar-refractivity contribution in [2.75, 3.05) is 6.54 Å². The summed E-state index contributed by atoms with van der Waals surface area (Å²) in [5, 5.41) is 1.50. The van der Waals surface area contributed by atoms with Gasteiger partial charge >= 0.3 is 0 Å². The second kappa shape index (κ2) is 5.95. The predicted octanol–water partition coefficient (Wildman–Crippen LogP) is 2.37. The highest BCUT2D eigenvalue weighted by molar-refractivity contribution is 6.29. The number of hydrogen-bond donors (Lipinski definition) is 1. The van der Waals surface area contributed by atoms with Crippen molar-refractivity contribution in [3.8, 4) is 0 Å². The van der Waals surface area contributed by atoms with Crippen LogP contribution in [0.25, 0.3) is 10.9 Å². The fraction of sp³-hybridized carbons (Fsp3) is 0.286. The van der Waals surface area contributed by atoms with Crippen molar-refractivity contribution in [1.82, 2.24) is 9.88 Å². The van der Waals surface area contributed by atoms with E-state index in [1.54, 1.807) is 11.0 Å². The fourth-order valence-electron chi connectivity index (χ4n) is 2.46. The van der Waals surface area contributed by atoms with Crippen LogP contribution in [0, 0.1) is 0 Å². The Kier molecular flexibility index (Phi) is 4.48. The van der Waals surface area contributed by atoms with Crippen molar-refractivity contribution in [3.63, 3.8) is 0 Å². The first-order valence-electron chi connectivity index (χ1n) is 6.23. The number of benzene rings is 1. The van der Waals surface area contributed by atoms with Gasteiger partial charge in [0.05, 0.1) is 11.6 Å². The molecule has 2 N–H and O–H groups in total. The topological polar surface area (TPSA) is 59.2 Å². The molecule has 3 rings (SSSR count). The molecular formula is C14H15Cl2N3O. The number of carbonyl (C=O) groups excluding carboxylic acids is 1. The number of fused-ring (bicyclic) bond motifs is 1. The average Bonchev–Trinajstić information content (AvgIpc) is 2.71. The Hall–Kier alpha value is -1.36. The number of halogens is 2. The van der Waals surface area contributed by atoms with Gasteiger partial charge in [-0.1, -0.05) is 23.7 Å². The van der Waals surface area contributed by atoms with E-state index in [0.717, 1.165) is 29.4 Å². The molecule has 1 unspecified atom stereocenters. The Morgan fingerprint density at radius 3 is 2.85 bits per heavy atom. The summed E-state index contributed by atoms with van der Waals surface area (Å²) in [6.45, 7) is 1.30. The molecule has 0 saturated carbocycles. The zero-order valence-electron chi connectivity index (χ0n) is 10.8. The maximum absolute atomic E-state index is 11.9. The van der Waals surface area contributed by atoms with Crippen LogP contribution in [0.4, 0.5) is 0 Å². The van der Waals surface area contributed by atoms with Gasteiger partial charge in [0.15, 0.2) is 0 Å². The first-order valence-corrected chi connectivity index (χ1v) is 6.61. The standard InChI is InChI=1S/C14H14ClN3O.ClH/c15-13-5-4-10-9(2-1-3-12(10)17-13)8-18-7-6-11(16)14(18)19;/h1-5,11H,6-8,16H2;1H. The number of amides is 1. The quantitative estimate of drug-likeness (QED) is 0.866. The van der Waals surface area contributed by atoms with Gasteiger partial charge in [-0.25, -0.2) is 4.98 Å². The second-order valence-electron chi connectivity index (χ2n) is 4.77. The van der Waals surface area contributed by atoms with Crippen molar-refractivity contribution in [1.29, 1.82) is 0 Å². The molecule has 1 aromatic carbocycles. The van der Waals surface area contributed by atoms with Crippen LogP contribution in [0.5, 0.6) is 0 Å². The third-order valence-electron chi connectivity index (χ3n) is 3.49. The lowest BCUT2D eigenvalue weighted by Gasteiger charge is -2.17. The molecule has 0 bridgehead atoms. The van der Waals surface area contributed by atoms with Crippen LogP contribution in [0.2, 0.25) is 5.15 Å². The zero-order chi connectivity index (χ0) is 13.4. The molecule has 6 heteroatoms. The van der Waals surface area contributed by atoms with Gasteiger partial charge < -0.3 is 10.6 Å². The number of carbonyl (C=O) groups is 1. The van der Waals surface area contributed by atoms with Crippen LogP contribution < -0.4 is 5.73 Å². The van der Waals surface area contributed by atoms with Gasteiger partial charge in [0.25, 0.3) is 0 Å². The number of aromatic nitrogens is 1. The summed E-state index contributed by atoms with van der Waals surface area (Å²) >= 11 is 5.89. The molecule has 20 heavy (non-hydrogen) atoms. The lowest BCUT2D eigenvalue weighted by Crippen LogP contribution is -2.33. The van der Waals surface area contributed by atoms with E-state index in [1.165, 1.54) is 0 Å². The van der Waals surface area contributed by atoms with Crippen molar-refractivity contribution in [2.45, 2.75) is 19.0 Å². The predicted molar refractivity (Wildman–Crippen MR) is 82.0 cm³/mol. The zero-order valence-corrected chi connectivity index (χ0v) is 12.3. The summed E-state index contributed by atoms with van der Waals surface area (Å²) in [6, 6.07) is 9.23. The first-order chi connectivity index (χ1) is 9.15. The Labute approximate surface area is 128 Å². The minimum Gasteiger partial charge on any atom is -0.337 e. The van der Waals surface area contributed by atoms with E-state index in [2.05, 4.69) is 4.98 Å². The molecule has 1 saturated heterocycles. The molecule has 1 amide bonds. The van der Waals surface area contributed by atoms with Crippen LogP contribution in [0.3, 0.4) is 0 Å². The number of rotatable bonds is 2. The van der Waals surface area contributed by atoms with E-state index in [1.807, 2.05) is 24.3 Å². The summed E-state index contributed by atoms with van der Waals surface area (Å²) in [5.74, 6) is 0.0268. The maximum atomic E-state index is 11.9. The monoisotopic (exact) mass is 311 g/mol. The van der Waals surface area contributed by atoms with Gasteiger partial charge in [-0.15, -0.1) is 12.4 Å². The molecule has 1 fully saturated rings. The molecule has 0 spiro atoms. The Balaban J connectivity index is 0.00000147. The van der Waals surface area contributed by atoms with Gasteiger partial charge in [0, 0.05) is 18.5 Å². The van der Waals surface area contributed by atoms with Crippen LogP contribution in [0.1, 0.15) is 12.0 Å². The molecule has 2 heterocycles. The second-order valence-corrected chi connectivity index (χ2v) is 5.16. The molecule has 2 aromatic rings. The van der Waals surface area contributed by atoms with Crippen LogP contribution >= 0.6 is 24.0 Å². The number of hydrogen-bond acceptors (Lipinski definition) is 3. The Bertz CT molecular complexity index is 647. The van der Waals surface area contributed by atoms with Crippen molar-refractivity contribution >= 4 is 40.8 Å². The molecule has 106 valence electrons. The van der Waals surface area contributed by atoms with Crippen molar-refractivity contribution in [3.05, 3.63) is 41.0 Å². The van der Waals surface area contributed by atoms with Crippen LogP contribution in [0.15, 0.2) is 30.3 Å². The lowest BCUT2D eigenvalue weighted by molar-refractivity contribution is -0.129. The van der Waals surface area contributed by atoms with Gasteiger partial charge in [0.2, 0.25) is 5.91 Å². The SMILES string of the molecule is Cl.NC1CCN(Cc2cccc3nc(Cl)ccc23)C1=O. The van der Waals surface area contributed by atoms with E-state index in [0.29, 0.717) is 11.7 Å². The molecule has 1 aromatic heterocycles. The molecule has 1 aliphatic heterocycles. The summed E-state index contributed by atoms with van der Waals surface area (Å²) < 4.78 is 0. The van der Waals surface area contributed by atoms with E-state index < -0.39 is 0 Å². The fourth-order valence-corrected chi connectivity index (χ4v) is 2.61. The summed E-state index contributed by atoms with van der Waals surface area (Å²) in [7, 11) is 0. The molecule has 0 aliphatic carbocycles. The number of likely N-dealkylation sites (tertiary alicyclic amines) is 1. The first kappa shape index (κ1) is 15.0. The van der Waals surface area contributed by atoms with Gasteiger partial charge in [-0.3, -0.25) is 4.79 Å². The van der Waals surface area contributed by atoms with E-state index in [-0.39, 0.29) is 24.4 Å². The number of nitrogens with two attached hydrogens (primary N) is 1. The summed E-state index contributed by atoms with van der Waals surface area (Å²) in [5.41, 5.74) is 7.66. The maximum Gasteiger partial charge on any atom is 0.239 e. The Morgan fingerprint density at radius 1 is 1.35 bits per heavy atom. The van der Waals surface area contributed by atoms with Gasteiger partial charge in [-0.05, 0) is 30.2 Å². The molecule has 1 aliphatic rings. The molecule has 0 radical (unpaired) electrons. The van der Waals surface area contributed by atoms with E-state index >= 15 is 0 Å². The third kappa shape index (κ3) is 2.73. The number of pyridine rings is 1. The third-order valence-corrected chi connectivity index (χ3v) is 3.70. The van der Waals surface area contributed by atoms with E-state index in [9.17, 15) is 4.79 Å². The molecular weight excluding hydrogens is 297 g/mol. The summed E-state index contributed by atoms with van der Waals surface area (Å²) in [4.78, 5) is 17.9. The Morgan fingerprint density at radius 2 is 2.15 bits per heavy atom. The molecule has 1 atom stereocenters. The highest BCUT2D eigenvalue weighted by atomic mass is 35.5. The average molecular weight is 312 g/mol. The van der Waals surface area contributed by atoms with Crippen LogP contribution in [-0.4, -0.2) is 28.4 Å². The van der Waals surface area contributed by atoms with Gasteiger partial charge in [-0.2, -0.15) is 0 Å². The summed E-state index contributed by atoms with van der Waals surface area (Å²) in [6.07, 6.45) is 0.730.